The summed E-state index contributed by atoms with van der Waals surface area (Å²) in [5.74, 6) is 1.53. The van der Waals surface area contributed by atoms with Gasteiger partial charge in [-0.05, 0) is 57.7 Å². The Morgan fingerprint density at radius 1 is 1.19 bits per heavy atom. The minimum Gasteiger partial charge on any atom is -0.457 e. The standard InChI is InChI=1S/C23H29ClN4O4/c1-23(2,3)32-22(30)28-10-7-15(8-11-28)12-21(29)27-20-14-17(6-9-26-20)31-16-4-5-19(25)18(24)13-16/h4-6,9,13-15H,7-8,10-12,25H2,1-3H3,(H,26,27,29). The number of rotatable bonds is 5. The summed E-state index contributed by atoms with van der Waals surface area (Å²) in [6, 6.07) is 8.33. The number of aromatic nitrogens is 1. The molecule has 9 heteroatoms. The number of amides is 2. The maximum atomic E-state index is 12.5. The summed E-state index contributed by atoms with van der Waals surface area (Å²) in [5, 5.41) is 3.22. The van der Waals surface area contributed by atoms with E-state index in [1.807, 2.05) is 20.8 Å². The van der Waals surface area contributed by atoms with Gasteiger partial charge in [-0.15, -0.1) is 0 Å². The summed E-state index contributed by atoms with van der Waals surface area (Å²) in [6.45, 7) is 6.71. The van der Waals surface area contributed by atoms with Crippen LogP contribution in [0.3, 0.4) is 0 Å². The molecule has 0 atom stereocenters. The van der Waals surface area contributed by atoms with Crippen LogP contribution in [0.5, 0.6) is 11.5 Å². The second kappa shape index (κ2) is 10.1. The van der Waals surface area contributed by atoms with Crippen molar-refractivity contribution in [3.8, 4) is 11.5 Å². The molecule has 2 amide bonds. The Morgan fingerprint density at radius 2 is 1.88 bits per heavy atom. The number of piperidine rings is 1. The van der Waals surface area contributed by atoms with Crippen LogP contribution in [0.1, 0.15) is 40.0 Å². The molecule has 0 aliphatic carbocycles. The van der Waals surface area contributed by atoms with Crippen LogP contribution in [0.15, 0.2) is 36.5 Å². The summed E-state index contributed by atoms with van der Waals surface area (Å²) in [4.78, 5) is 30.6. The highest BCUT2D eigenvalue weighted by Crippen LogP contribution is 2.29. The molecule has 0 bridgehead atoms. The Balaban J connectivity index is 1.49. The first kappa shape index (κ1) is 23.7. The summed E-state index contributed by atoms with van der Waals surface area (Å²) < 4.78 is 11.2. The number of likely N-dealkylation sites (tertiary alicyclic amines) is 1. The fraction of sp³-hybridized carbons (Fsp3) is 0.435. The smallest absolute Gasteiger partial charge is 0.410 e. The number of benzene rings is 1. The quantitative estimate of drug-likeness (QED) is 0.602. The SMILES string of the molecule is CC(C)(C)OC(=O)N1CCC(CC(=O)Nc2cc(Oc3ccc(N)c(Cl)c3)ccn2)CC1. The molecule has 172 valence electrons. The van der Waals surface area contributed by atoms with E-state index >= 15 is 0 Å². The van der Waals surface area contributed by atoms with Gasteiger partial charge in [0.1, 0.15) is 22.9 Å². The van der Waals surface area contributed by atoms with Crippen LogP contribution >= 0.6 is 11.6 Å². The third kappa shape index (κ3) is 7.02. The zero-order valence-electron chi connectivity index (χ0n) is 18.6. The van der Waals surface area contributed by atoms with Gasteiger partial charge >= 0.3 is 6.09 Å². The zero-order valence-corrected chi connectivity index (χ0v) is 19.3. The second-order valence-corrected chi connectivity index (χ2v) is 9.23. The van der Waals surface area contributed by atoms with Gasteiger partial charge in [0.05, 0.1) is 10.7 Å². The van der Waals surface area contributed by atoms with E-state index in [1.54, 1.807) is 41.4 Å². The molecule has 2 heterocycles. The first-order chi connectivity index (χ1) is 15.1. The Morgan fingerprint density at radius 3 is 2.53 bits per heavy atom. The molecule has 2 aromatic rings. The monoisotopic (exact) mass is 460 g/mol. The van der Waals surface area contributed by atoms with E-state index in [4.69, 9.17) is 26.8 Å². The minimum atomic E-state index is -0.515. The molecule has 3 rings (SSSR count). The van der Waals surface area contributed by atoms with Crippen LogP contribution < -0.4 is 15.8 Å². The van der Waals surface area contributed by atoms with Crippen molar-refractivity contribution in [2.75, 3.05) is 24.1 Å². The molecule has 1 fully saturated rings. The van der Waals surface area contributed by atoms with Gasteiger partial charge < -0.3 is 25.4 Å². The summed E-state index contributed by atoms with van der Waals surface area (Å²) in [5.41, 5.74) is 5.67. The number of anilines is 2. The summed E-state index contributed by atoms with van der Waals surface area (Å²) in [6.07, 6.45) is 3.12. The molecule has 0 saturated carbocycles. The Kier molecular flexibility index (Phi) is 7.45. The van der Waals surface area contributed by atoms with Crippen LogP contribution in [0.4, 0.5) is 16.3 Å². The fourth-order valence-electron chi connectivity index (χ4n) is 3.35. The topological polar surface area (TPSA) is 107 Å². The van der Waals surface area contributed by atoms with Crippen molar-refractivity contribution in [3.05, 3.63) is 41.6 Å². The molecular formula is C23H29ClN4O4. The summed E-state index contributed by atoms with van der Waals surface area (Å²) in [7, 11) is 0. The molecule has 1 saturated heterocycles. The number of halogens is 1. The average molecular weight is 461 g/mol. The van der Waals surface area contributed by atoms with Crippen molar-refractivity contribution in [2.24, 2.45) is 5.92 Å². The molecule has 1 aliphatic rings. The number of carbonyl (C=O) groups excluding carboxylic acids is 2. The third-order valence-electron chi connectivity index (χ3n) is 4.95. The number of nitrogens with one attached hydrogen (secondary N) is 1. The van der Waals surface area contributed by atoms with E-state index in [1.165, 1.54) is 0 Å². The molecule has 1 aromatic heterocycles. The minimum absolute atomic E-state index is 0.124. The highest BCUT2D eigenvalue weighted by molar-refractivity contribution is 6.33. The van der Waals surface area contributed by atoms with Gasteiger partial charge in [0.2, 0.25) is 5.91 Å². The van der Waals surface area contributed by atoms with Crippen molar-refractivity contribution < 1.29 is 19.1 Å². The summed E-state index contributed by atoms with van der Waals surface area (Å²) >= 11 is 6.02. The molecule has 32 heavy (non-hydrogen) atoms. The van der Waals surface area contributed by atoms with Gasteiger partial charge in [0, 0.05) is 37.8 Å². The van der Waals surface area contributed by atoms with E-state index in [9.17, 15) is 9.59 Å². The second-order valence-electron chi connectivity index (χ2n) is 8.83. The highest BCUT2D eigenvalue weighted by atomic mass is 35.5. The maximum absolute atomic E-state index is 12.5. The van der Waals surface area contributed by atoms with Gasteiger partial charge in [0.25, 0.3) is 0 Å². The number of nitrogen functional groups attached to an aromatic ring is 1. The Bertz CT molecular complexity index is 969. The number of pyridine rings is 1. The van der Waals surface area contributed by atoms with E-state index in [0.29, 0.717) is 47.5 Å². The van der Waals surface area contributed by atoms with Crippen molar-refractivity contribution in [3.63, 3.8) is 0 Å². The predicted octanol–water partition coefficient (Wildman–Crippen LogP) is 5.09. The molecule has 3 N–H and O–H groups in total. The van der Waals surface area contributed by atoms with Crippen LogP contribution in [0.25, 0.3) is 0 Å². The lowest BCUT2D eigenvalue weighted by molar-refractivity contribution is -0.117. The van der Waals surface area contributed by atoms with Crippen LogP contribution in [-0.4, -0.2) is 40.6 Å². The number of carbonyl (C=O) groups is 2. The Labute approximate surface area is 193 Å². The van der Waals surface area contributed by atoms with E-state index in [2.05, 4.69) is 10.3 Å². The molecule has 0 radical (unpaired) electrons. The average Bonchev–Trinajstić information content (AvgIpc) is 2.70. The van der Waals surface area contributed by atoms with Crippen molar-refractivity contribution in [1.29, 1.82) is 0 Å². The van der Waals surface area contributed by atoms with E-state index < -0.39 is 5.60 Å². The molecule has 1 aliphatic heterocycles. The zero-order chi connectivity index (χ0) is 23.3. The van der Waals surface area contributed by atoms with Gasteiger partial charge in [0.15, 0.2) is 0 Å². The molecule has 0 unspecified atom stereocenters. The highest BCUT2D eigenvalue weighted by Gasteiger charge is 2.27. The van der Waals surface area contributed by atoms with Gasteiger partial charge in [-0.2, -0.15) is 0 Å². The number of nitrogens with zero attached hydrogens (tertiary/aromatic N) is 2. The largest absolute Gasteiger partial charge is 0.457 e. The van der Waals surface area contributed by atoms with Gasteiger partial charge in [-0.1, -0.05) is 11.6 Å². The number of ether oxygens (including phenoxy) is 2. The number of hydrogen-bond donors (Lipinski definition) is 2. The van der Waals surface area contributed by atoms with Crippen molar-refractivity contribution >= 4 is 35.1 Å². The number of nitrogens with two attached hydrogens (primary N) is 1. The van der Waals surface area contributed by atoms with Gasteiger partial charge in [-0.3, -0.25) is 4.79 Å². The molecule has 0 spiro atoms. The maximum Gasteiger partial charge on any atom is 0.410 e. The van der Waals surface area contributed by atoms with E-state index in [0.717, 1.165) is 12.8 Å². The van der Waals surface area contributed by atoms with Crippen molar-refractivity contribution in [2.45, 2.75) is 45.6 Å². The van der Waals surface area contributed by atoms with Crippen LogP contribution in [0.2, 0.25) is 5.02 Å². The molecule has 1 aromatic carbocycles. The lowest BCUT2D eigenvalue weighted by Crippen LogP contribution is -2.42. The van der Waals surface area contributed by atoms with E-state index in [-0.39, 0.29) is 17.9 Å². The molecular weight excluding hydrogens is 432 g/mol. The Hall–Kier alpha value is -3.00. The van der Waals surface area contributed by atoms with Crippen LogP contribution in [-0.2, 0) is 9.53 Å². The molecule has 8 nitrogen and oxygen atoms in total. The van der Waals surface area contributed by atoms with Crippen molar-refractivity contribution in [1.82, 2.24) is 9.88 Å². The predicted molar refractivity (Wildman–Crippen MR) is 124 cm³/mol. The first-order valence-corrected chi connectivity index (χ1v) is 10.9. The fourth-order valence-corrected chi connectivity index (χ4v) is 3.52. The lowest BCUT2D eigenvalue weighted by Gasteiger charge is -2.33. The lowest BCUT2D eigenvalue weighted by atomic mass is 9.93. The van der Waals surface area contributed by atoms with Crippen LogP contribution in [0, 0.1) is 5.92 Å². The normalized spacial score (nSPS) is 14.7. The first-order valence-electron chi connectivity index (χ1n) is 10.6. The van der Waals surface area contributed by atoms with Gasteiger partial charge in [-0.25, -0.2) is 9.78 Å². The third-order valence-corrected chi connectivity index (χ3v) is 5.27. The number of hydrogen-bond acceptors (Lipinski definition) is 6.